The zero-order chi connectivity index (χ0) is 25.0. The van der Waals surface area contributed by atoms with Crippen LogP contribution in [0.3, 0.4) is 0 Å². The van der Waals surface area contributed by atoms with Gasteiger partial charge in [-0.05, 0) is 74.8 Å². The maximum atomic E-state index is 15.6. The number of nitrogens with one attached hydrogen (secondary N) is 1. The Hall–Kier alpha value is -2.95. The minimum atomic E-state index is -4.28. The molecule has 36 heavy (non-hydrogen) atoms. The number of anilines is 1. The number of hydrogen-bond donors (Lipinski definition) is 2. The van der Waals surface area contributed by atoms with Crippen molar-refractivity contribution in [2.75, 3.05) is 10.8 Å². The fourth-order valence-corrected chi connectivity index (χ4v) is 8.76. The first kappa shape index (κ1) is 22.3. The lowest BCUT2D eigenvalue weighted by molar-refractivity contribution is -0.194. The van der Waals surface area contributed by atoms with Gasteiger partial charge in [0.05, 0.1) is 12.2 Å². The molecule has 1 aromatic carbocycles. The summed E-state index contributed by atoms with van der Waals surface area (Å²) in [6.07, 6.45) is 10.4. The lowest BCUT2D eigenvalue weighted by Gasteiger charge is -2.66. The SMILES string of the molecule is O=C1CN(c2c(O)ccc(-c3cnn(C4CCC5CC6(C(=O)C7CC7)CC(C4)C56)c3)c2F)S(=O)(=O)N1. The molecule has 2 heterocycles. The second kappa shape index (κ2) is 7.30. The van der Waals surface area contributed by atoms with E-state index < -0.39 is 39.9 Å². The Labute approximate surface area is 207 Å². The van der Waals surface area contributed by atoms with Crippen molar-refractivity contribution in [3.8, 4) is 16.9 Å². The highest BCUT2D eigenvalue weighted by molar-refractivity contribution is 7.92. The topological polar surface area (TPSA) is 122 Å². The monoisotopic (exact) mass is 514 g/mol. The van der Waals surface area contributed by atoms with Crippen molar-refractivity contribution >= 4 is 27.6 Å². The van der Waals surface area contributed by atoms with Crippen LogP contribution in [0.15, 0.2) is 24.5 Å². The van der Waals surface area contributed by atoms with E-state index in [0.717, 1.165) is 44.9 Å². The van der Waals surface area contributed by atoms with E-state index in [1.807, 2.05) is 4.68 Å². The van der Waals surface area contributed by atoms with Crippen LogP contribution in [0.25, 0.3) is 11.1 Å². The molecule has 7 rings (SSSR count). The second-order valence-corrected chi connectivity index (χ2v) is 12.9. The Balaban J connectivity index is 1.14. The standard InChI is InChI=1S/C25H27FN4O5S/c26-22-18(5-6-19(31)23(22)30-12-20(32)28-36(30,34)35)16-10-27-29(11-16)17-4-3-14-8-25(24(33)13-1-2-13)9-15(7-17)21(14)25/h5-6,10-11,13-15,17,21,31H,1-4,7-9,12H2,(H,28,32). The summed E-state index contributed by atoms with van der Waals surface area (Å²) in [5, 5.41) is 14.8. The summed E-state index contributed by atoms with van der Waals surface area (Å²) in [6.45, 7) is -0.605. The highest BCUT2D eigenvalue weighted by Gasteiger charge is 2.70. The fraction of sp³-hybridized carbons (Fsp3) is 0.560. The number of nitrogens with zero attached hydrogens (tertiary/aromatic N) is 3. The van der Waals surface area contributed by atoms with Crippen LogP contribution in [0.5, 0.6) is 5.75 Å². The molecule has 5 atom stereocenters. The summed E-state index contributed by atoms with van der Waals surface area (Å²) in [6, 6.07) is 2.76. The summed E-state index contributed by atoms with van der Waals surface area (Å²) in [4.78, 5) is 24.6. The number of phenols is 1. The summed E-state index contributed by atoms with van der Waals surface area (Å²) < 4.78 is 44.2. The highest BCUT2D eigenvalue weighted by Crippen LogP contribution is 2.72. The van der Waals surface area contributed by atoms with E-state index in [1.54, 1.807) is 17.1 Å². The third-order valence-corrected chi connectivity index (χ3v) is 10.6. The molecule has 0 spiro atoms. The molecule has 1 amide bonds. The van der Waals surface area contributed by atoms with Gasteiger partial charge in [-0.1, -0.05) is 0 Å². The number of aromatic nitrogens is 2. The van der Waals surface area contributed by atoms with Crippen LogP contribution in [0.4, 0.5) is 10.1 Å². The van der Waals surface area contributed by atoms with Crippen molar-refractivity contribution < 1.29 is 27.5 Å². The van der Waals surface area contributed by atoms with Gasteiger partial charge in [0.2, 0.25) is 0 Å². The second-order valence-electron chi connectivity index (χ2n) is 11.3. The number of carbonyl (C=O) groups is 2. The van der Waals surface area contributed by atoms with Crippen molar-refractivity contribution in [2.45, 2.75) is 51.0 Å². The third-order valence-electron chi connectivity index (χ3n) is 9.24. The molecule has 9 nitrogen and oxygen atoms in total. The Kier molecular flexibility index (Phi) is 4.52. The summed E-state index contributed by atoms with van der Waals surface area (Å²) in [7, 11) is -4.28. The molecule has 5 fully saturated rings. The average molecular weight is 515 g/mol. The van der Waals surface area contributed by atoms with Gasteiger partial charge in [0.25, 0.3) is 5.91 Å². The summed E-state index contributed by atoms with van der Waals surface area (Å²) in [5.74, 6) is 0.184. The molecule has 11 heteroatoms. The first-order valence-corrected chi connectivity index (χ1v) is 14.1. The van der Waals surface area contributed by atoms with Crippen molar-refractivity contribution in [3.05, 3.63) is 30.3 Å². The van der Waals surface area contributed by atoms with E-state index >= 15 is 4.39 Å². The van der Waals surface area contributed by atoms with Gasteiger partial charge >= 0.3 is 10.2 Å². The van der Waals surface area contributed by atoms with Crippen LogP contribution in [0, 0.1) is 34.9 Å². The number of halogens is 1. The molecule has 1 saturated heterocycles. The zero-order valence-electron chi connectivity index (χ0n) is 19.6. The van der Waals surface area contributed by atoms with E-state index in [4.69, 9.17) is 0 Å². The smallest absolute Gasteiger partial charge is 0.326 e. The van der Waals surface area contributed by atoms with Crippen LogP contribution in [0.1, 0.15) is 51.0 Å². The van der Waals surface area contributed by atoms with Crippen molar-refractivity contribution in [1.82, 2.24) is 14.5 Å². The molecule has 5 aliphatic rings. The van der Waals surface area contributed by atoms with Gasteiger partial charge in [-0.2, -0.15) is 13.5 Å². The van der Waals surface area contributed by atoms with Gasteiger partial charge < -0.3 is 5.11 Å². The maximum absolute atomic E-state index is 15.6. The third kappa shape index (κ3) is 3.04. The molecule has 4 saturated carbocycles. The van der Waals surface area contributed by atoms with Gasteiger partial charge in [0.15, 0.2) is 5.82 Å². The number of ketones is 1. The van der Waals surface area contributed by atoms with Crippen LogP contribution in [0.2, 0.25) is 0 Å². The molecular weight excluding hydrogens is 487 g/mol. The number of aromatic hydroxyl groups is 1. The minimum Gasteiger partial charge on any atom is -0.506 e. The quantitative estimate of drug-likeness (QED) is 0.633. The van der Waals surface area contributed by atoms with E-state index in [2.05, 4.69) is 5.10 Å². The van der Waals surface area contributed by atoms with E-state index in [1.165, 1.54) is 12.1 Å². The Bertz CT molecular complexity index is 1420. The van der Waals surface area contributed by atoms with Crippen molar-refractivity contribution in [2.24, 2.45) is 29.1 Å². The number of hydrogen-bond acceptors (Lipinski definition) is 6. The van der Waals surface area contributed by atoms with E-state index in [-0.39, 0.29) is 17.0 Å². The van der Waals surface area contributed by atoms with E-state index in [9.17, 15) is 23.1 Å². The van der Waals surface area contributed by atoms with E-state index in [0.29, 0.717) is 39.3 Å². The van der Waals surface area contributed by atoms with Gasteiger partial charge in [-0.3, -0.25) is 14.3 Å². The number of amides is 1. The number of benzene rings is 1. The van der Waals surface area contributed by atoms with Crippen molar-refractivity contribution in [1.29, 1.82) is 0 Å². The zero-order valence-corrected chi connectivity index (χ0v) is 20.4. The lowest BCUT2D eigenvalue weighted by Crippen LogP contribution is -2.64. The molecule has 2 aromatic rings. The van der Waals surface area contributed by atoms with Gasteiger partial charge in [0.1, 0.15) is 23.8 Å². The predicted octanol–water partition coefficient (Wildman–Crippen LogP) is 2.92. The molecule has 0 radical (unpaired) electrons. The average Bonchev–Trinajstić information content (AvgIpc) is 3.47. The lowest BCUT2D eigenvalue weighted by atomic mass is 9.36. The fourth-order valence-electron chi connectivity index (χ4n) is 7.59. The number of rotatable bonds is 5. The molecule has 5 unspecified atom stereocenters. The van der Waals surface area contributed by atoms with Crippen LogP contribution >= 0.6 is 0 Å². The van der Waals surface area contributed by atoms with Gasteiger partial charge in [-0.25, -0.2) is 13.4 Å². The van der Waals surface area contributed by atoms with Gasteiger partial charge in [-0.15, -0.1) is 0 Å². The van der Waals surface area contributed by atoms with Crippen LogP contribution in [-0.2, 0) is 19.8 Å². The Morgan fingerprint density at radius 1 is 1.17 bits per heavy atom. The molecule has 190 valence electrons. The summed E-state index contributed by atoms with van der Waals surface area (Å²) in [5.41, 5.74) is -0.0484. The van der Waals surface area contributed by atoms with Gasteiger partial charge in [0, 0.05) is 28.7 Å². The highest BCUT2D eigenvalue weighted by atomic mass is 32.2. The van der Waals surface area contributed by atoms with Crippen LogP contribution in [-0.4, -0.2) is 41.5 Å². The maximum Gasteiger partial charge on any atom is 0.326 e. The molecule has 1 aliphatic heterocycles. The Morgan fingerprint density at radius 2 is 1.94 bits per heavy atom. The first-order valence-electron chi connectivity index (χ1n) is 12.6. The largest absolute Gasteiger partial charge is 0.506 e. The molecule has 4 aliphatic carbocycles. The molecule has 1 aromatic heterocycles. The number of phenolic OH excluding ortho intramolecular Hbond substituents is 1. The normalized spacial score (nSPS) is 34.2. The first-order chi connectivity index (χ1) is 17.2. The minimum absolute atomic E-state index is 0.0433. The number of Topliss-reactive ketones (excluding diaryl/α,β-unsaturated/α-hetero) is 1. The summed E-state index contributed by atoms with van der Waals surface area (Å²) >= 11 is 0. The van der Waals surface area contributed by atoms with Crippen LogP contribution < -0.4 is 9.03 Å². The molecule has 2 N–H and O–H groups in total. The van der Waals surface area contributed by atoms with Crippen molar-refractivity contribution in [3.63, 3.8) is 0 Å². The molecular formula is C25H27FN4O5S. The Morgan fingerprint density at radius 3 is 2.67 bits per heavy atom. The number of carbonyl (C=O) groups excluding carboxylic acids is 2. The molecule has 0 bridgehead atoms. The predicted molar refractivity (Wildman–Crippen MR) is 126 cm³/mol.